The van der Waals surface area contributed by atoms with Crippen molar-refractivity contribution in [2.24, 2.45) is 5.73 Å². The molecule has 0 aliphatic rings. The second-order valence-corrected chi connectivity index (χ2v) is 4.14. The Morgan fingerprint density at radius 2 is 1.76 bits per heavy atom. The highest BCUT2D eigenvalue weighted by Gasteiger charge is 2.35. The first-order valence-corrected chi connectivity index (χ1v) is 5.69. The smallest absolute Gasteiger partial charge is 0.361 e. The predicted octanol–water partition coefficient (Wildman–Crippen LogP) is 3.58. The summed E-state index contributed by atoms with van der Waals surface area (Å²) in [4.78, 5) is 3.42. The van der Waals surface area contributed by atoms with Crippen molar-refractivity contribution >= 4 is 11.4 Å². The van der Waals surface area contributed by atoms with E-state index in [1.54, 1.807) is 0 Å². The van der Waals surface area contributed by atoms with E-state index >= 15 is 0 Å². The van der Waals surface area contributed by atoms with Crippen LogP contribution in [-0.4, -0.2) is 25.8 Å². The van der Waals surface area contributed by atoms with Gasteiger partial charge in [0.25, 0.3) is 0 Å². The van der Waals surface area contributed by atoms with Gasteiger partial charge in [0.15, 0.2) is 5.69 Å². The van der Waals surface area contributed by atoms with Crippen molar-refractivity contribution in [3.8, 4) is 0 Å². The van der Waals surface area contributed by atoms with E-state index in [-0.39, 0.29) is 18.8 Å². The van der Waals surface area contributed by atoms with Crippen LogP contribution in [0.25, 0.3) is 4.85 Å². The molecule has 0 spiro atoms. The lowest BCUT2D eigenvalue weighted by Crippen LogP contribution is -2.37. The molecule has 0 unspecified atom stereocenters. The fourth-order valence-corrected chi connectivity index (χ4v) is 1.72. The number of hydrogen-bond donors (Lipinski definition) is 1. The van der Waals surface area contributed by atoms with Gasteiger partial charge in [-0.25, -0.2) is 4.85 Å². The Morgan fingerprint density at radius 3 is 2.19 bits per heavy atom. The van der Waals surface area contributed by atoms with Gasteiger partial charge >= 0.3 is 12.4 Å². The summed E-state index contributed by atoms with van der Waals surface area (Å²) in [6, 6.07) is 2.43. The minimum atomic E-state index is -4.82. The summed E-state index contributed by atoms with van der Waals surface area (Å²) in [5.41, 5.74) is 2.98. The van der Waals surface area contributed by atoms with E-state index in [0.29, 0.717) is 11.0 Å². The van der Waals surface area contributed by atoms with Gasteiger partial charge in [-0.15, -0.1) is 0 Å². The van der Waals surface area contributed by atoms with Gasteiger partial charge in [0.2, 0.25) is 0 Å². The first-order chi connectivity index (χ1) is 9.58. The maximum Gasteiger partial charge on any atom is 0.407 e. The minimum absolute atomic E-state index is 0.151. The van der Waals surface area contributed by atoms with Crippen LogP contribution in [0.1, 0.15) is 5.56 Å². The Balaban J connectivity index is 3.25. The largest absolute Gasteiger partial charge is 0.407 e. The van der Waals surface area contributed by atoms with Crippen molar-refractivity contribution in [1.29, 1.82) is 0 Å². The topological polar surface area (TPSA) is 33.6 Å². The van der Waals surface area contributed by atoms with Crippen molar-refractivity contribution < 1.29 is 26.3 Å². The molecular formula is C12H11F6N3. The summed E-state index contributed by atoms with van der Waals surface area (Å²) in [6.07, 6.45) is -9.39. The van der Waals surface area contributed by atoms with Gasteiger partial charge in [-0.1, -0.05) is 6.07 Å². The molecule has 0 aromatic heterocycles. The van der Waals surface area contributed by atoms with Crippen LogP contribution in [0.2, 0.25) is 0 Å². The first kappa shape index (κ1) is 17.1. The lowest BCUT2D eigenvalue weighted by Gasteiger charge is -2.26. The van der Waals surface area contributed by atoms with E-state index in [2.05, 4.69) is 4.85 Å². The van der Waals surface area contributed by atoms with E-state index < -0.39 is 30.1 Å². The molecular weight excluding hydrogens is 300 g/mol. The molecule has 3 nitrogen and oxygen atoms in total. The lowest BCUT2D eigenvalue weighted by atomic mass is 10.1. The standard InChI is InChI=1S/C12H11F6N3/c1-20-10-3-2-8(6-9(10)12(16,17)18)21(5-4-19)7-11(13,14)15/h2-3,6H,4-5,7,19H2. The molecule has 0 fully saturated rings. The van der Waals surface area contributed by atoms with Crippen LogP contribution >= 0.6 is 0 Å². The molecule has 0 saturated heterocycles. The van der Waals surface area contributed by atoms with Crippen LogP contribution in [0.15, 0.2) is 18.2 Å². The van der Waals surface area contributed by atoms with Gasteiger partial charge in [0.05, 0.1) is 12.1 Å². The molecule has 116 valence electrons. The van der Waals surface area contributed by atoms with Crippen LogP contribution in [0, 0.1) is 6.57 Å². The van der Waals surface area contributed by atoms with Crippen molar-refractivity contribution in [2.75, 3.05) is 24.5 Å². The molecule has 0 bridgehead atoms. The van der Waals surface area contributed by atoms with Crippen LogP contribution < -0.4 is 10.6 Å². The molecule has 1 aromatic carbocycles. The highest BCUT2D eigenvalue weighted by molar-refractivity contribution is 5.62. The van der Waals surface area contributed by atoms with E-state index in [1.807, 2.05) is 0 Å². The third kappa shape index (κ3) is 4.82. The van der Waals surface area contributed by atoms with Gasteiger partial charge in [-0.3, -0.25) is 0 Å². The van der Waals surface area contributed by atoms with Crippen LogP contribution in [0.5, 0.6) is 0 Å². The van der Waals surface area contributed by atoms with Crippen molar-refractivity contribution in [1.82, 2.24) is 0 Å². The highest BCUT2D eigenvalue weighted by atomic mass is 19.4. The van der Waals surface area contributed by atoms with Crippen molar-refractivity contribution in [2.45, 2.75) is 12.4 Å². The summed E-state index contributed by atoms with van der Waals surface area (Å²) in [5.74, 6) is 0. The first-order valence-electron chi connectivity index (χ1n) is 5.69. The van der Waals surface area contributed by atoms with E-state index in [4.69, 9.17) is 12.3 Å². The molecule has 1 rings (SSSR count). The summed E-state index contributed by atoms with van der Waals surface area (Å²) < 4.78 is 75.7. The Kier molecular flexibility index (Phi) is 5.06. The van der Waals surface area contributed by atoms with Crippen molar-refractivity contribution in [3.05, 3.63) is 35.2 Å². The van der Waals surface area contributed by atoms with Gasteiger partial charge < -0.3 is 10.6 Å². The molecule has 21 heavy (non-hydrogen) atoms. The fraction of sp³-hybridized carbons (Fsp3) is 0.417. The highest BCUT2D eigenvalue weighted by Crippen LogP contribution is 2.39. The summed E-state index contributed by atoms with van der Waals surface area (Å²) >= 11 is 0. The summed E-state index contributed by atoms with van der Waals surface area (Å²) in [6.45, 7) is 4.85. The number of benzene rings is 1. The maximum absolute atomic E-state index is 12.8. The summed E-state index contributed by atoms with van der Waals surface area (Å²) in [5, 5.41) is 0. The molecule has 0 aliphatic carbocycles. The molecule has 0 heterocycles. The average molecular weight is 311 g/mol. The molecule has 2 N–H and O–H groups in total. The third-order valence-corrected chi connectivity index (χ3v) is 2.54. The zero-order valence-electron chi connectivity index (χ0n) is 10.6. The Morgan fingerprint density at radius 1 is 1.14 bits per heavy atom. The zero-order valence-corrected chi connectivity index (χ0v) is 10.6. The Hall–Kier alpha value is -1.95. The number of nitrogens with two attached hydrogens (primary N) is 1. The zero-order chi connectivity index (χ0) is 16.3. The Bertz CT molecular complexity index is 529. The molecule has 0 amide bonds. The second kappa shape index (κ2) is 6.22. The Labute approximate surface area is 116 Å². The van der Waals surface area contributed by atoms with Crippen molar-refractivity contribution in [3.63, 3.8) is 0 Å². The van der Waals surface area contributed by atoms with Crippen LogP contribution in [0.4, 0.5) is 37.7 Å². The van der Waals surface area contributed by atoms with Gasteiger partial charge in [0.1, 0.15) is 6.54 Å². The molecule has 0 saturated carbocycles. The number of rotatable bonds is 4. The third-order valence-electron chi connectivity index (χ3n) is 2.54. The molecule has 0 atom stereocenters. The van der Waals surface area contributed by atoms with E-state index in [0.717, 1.165) is 12.1 Å². The number of nitrogens with zero attached hydrogens (tertiary/aromatic N) is 2. The predicted molar refractivity (Wildman–Crippen MR) is 65.0 cm³/mol. The van der Waals surface area contributed by atoms with Gasteiger partial charge in [0, 0.05) is 18.8 Å². The molecule has 9 heteroatoms. The maximum atomic E-state index is 12.8. The normalized spacial score (nSPS) is 12.1. The molecule has 0 aliphatic heterocycles. The van der Waals surface area contributed by atoms with E-state index in [1.165, 1.54) is 0 Å². The van der Waals surface area contributed by atoms with Crippen LogP contribution in [-0.2, 0) is 6.18 Å². The minimum Gasteiger partial charge on any atom is -0.361 e. The van der Waals surface area contributed by atoms with Gasteiger partial charge in [-0.2, -0.15) is 26.3 Å². The number of anilines is 1. The monoisotopic (exact) mass is 311 g/mol. The van der Waals surface area contributed by atoms with Crippen LogP contribution in [0.3, 0.4) is 0 Å². The summed E-state index contributed by atoms with van der Waals surface area (Å²) in [7, 11) is 0. The molecule has 1 aromatic rings. The van der Waals surface area contributed by atoms with E-state index in [9.17, 15) is 26.3 Å². The lowest BCUT2D eigenvalue weighted by molar-refractivity contribution is -0.136. The van der Waals surface area contributed by atoms with Gasteiger partial charge in [-0.05, 0) is 12.1 Å². The number of halogens is 6. The SMILES string of the molecule is [C-]#[N+]c1ccc(N(CCN)CC(F)(F)F)cc1C(F)(F)F. The number of hydrogen-bond acceptors (Lipinski definition) is 2. The average Bonchev–Trinajstić information content (AvgIpc) is 2.35. The number of alkyl halides is 6. The molecule has 0 radical (unpaired) electrons. The second-order valence-electron chi connectivity index (χ2n) is 4.14. The fourth-order valence-electron chi connectivity index (χ4n) is 1.72. The quantitative estimate of drug-likeness (QED) is 0.681.